The average molecular weight is 440 g/mol. The molecular formula is C26H37N3O3. The van der Waals surface area contributed by atoms with Crippen molar-refractivity contribution < 1.29 is 14.3 Å². The normalized spacial score (nSPS) is 16.5. The lowest BCUT2D eigenvalue weighted by Crippen LogP contribution is -2.41. The Hall–Kier alpha value is -2.44. The number of nitrogens with one attached hydrogen (secondary N) is 1. The Balaban J connectivity index is 1.68. The van der Waals surface area contributed by atoms with E-state index in [1.54, 1.807) is 13.3 Å². The van der Waals surface area contributed by atoms with Gasteiger partial charge in [0.25, 0.3) is 0 Å². The van der Waals surface area contributed by atoms with Crippen LogP contribution in [0.25, 0.3) is 0 Å². The predicted octanol–water partition coefficient (Wildman–Crippen LogP) is 4.10. The second kappa shape index (κ2) is 10.9. The topological polar surface area (TPSA) is 63.7 Å². The number of piperidine rings is 1. The lowest BCUT2D eigenvalue weighted by Gasteiger charge is -2.36. The molecule has 0 aliphatic carbocycles. The van der Waals surface area contributed by atoms with Crippen molar-refractivity contribution in [2.75, 3.05) is 33.9 Å². The molecule has 2 aromatic rings. The van der Waals surface area contributed by atoms with Gasteiger partial charge in [0.15, 0.2) is 0 Å². The number of amides is 1. The highest BCUT2D eigenvalue weighted by Gasteiger charge is 2.30. The van der Waals surface area contributed by atoms with E-state index in [1.807, 2.05) is 18.2 Å². The zero-order valence-electron chi connectivity index (χ0n) is 20.1. The summed E-state index contributed by atoms with van der Waals surface area (Å²) in [5.41, 5.74) is 3.56. The Kier molecular flexibility index (Phi) is 8.26. The minimum absolute atomic E-state index is 0.0616. The van der Waals surface area contributed by atoms with Crippen molar-refractivity contribution in [3.8, 4) is 5.75 Å². The average Bonchev–Trinajstić information content (AvgIpc) is 2.78. The number of hydrogen-bond acceptors (Lipinski definition) is 5. The van der Waals surface area contributed by atoms with Crippen molar-refractivity contribution in [2.45, 2.75) is 51.6 Å². The molecule has 2 heterocycles. The van der Waals surface area contributed by atoms with Crippen molar-refractivity contribution in [3.63, 3.8) is 0 Å². The van der Waals surface area contributed by atoms with Crippen LogP contribution in [0, 0.1) is 5.92 Å². The second-order valence-corrected chi connectivity index (χ2v) is 9.62. The van der Waals surface area contributed by atoms with Gasteiger partial charge in [-0.05, 0) is 61.0 Å². The highest BCUT2D eigenvalue weighted by Crippen LogP contribution is 2.33. The highest BCUT2D eigenvalue weighted by atomic mass is 16.5. The van der Waals surface area contributed by atoms with Gasteiger partial charge < -0.3 is 14.8 Å². The van der Waals surface area contributed by atoms with Crippen LogP contribution in [0.4, 0.5) is 0 Å². The number of benzene rings is 1. The van der Waals surface area contributed by atoms with E-state index >= 15 is 0 Å². The van der Waals surface area contributed by atoms with Crippen LogP contribution in [0.2, 0.25) is 0 Å². The summed E-state index contributed by atoms with van der Waals surface area (Å²) in [6, 6.07) is 12.3. The van der Waals surface area contributed by atoms with Crippen LogP contribution in [-0.2, 0) is 21.5 Å². The standard InChI is InChI=1S/C26H37N3O3/c1-26(2,3)21-9-10-23(32-5)20(16-21)17-29-14-11-19(12-15-29)25(28-24(30)18-31-4)22-8-6-7-13-27-22/h6-10,13,16,19,25H,11-12,14-15,17-18H2,1-5H3,(H,28,30)/t25-/m1/s1. The summed E-state index contributed by atoms with van der Waals surface area (Å²) >= 11 is 0. The van der Waals surface area contributed by atoms with Gasteiger partial charge in [-0.25, -0.2) is 0 Å². The van der Waals surface area contributed by atoms with Crippen LogP contribution < -0.4 is 10.1 Å². The zero-order valence-corrected chi connectivity index (χ0v) is 20.1. The minimum atomic E-state index is -0.102. The molecule has 1 aliphatic heterocycles. The fourth-order valence-electron chi connectivity index (χ4n) is 4.39. The highest BCUT2D eigenvalue weighted by molar-refractivity contribution is 5.77. The number of aromatic nitrogens is 1. The first-order valence-electron chi connectivity index (χ1n) is 11.4. The predicted molar refractivity (Wildman–Crippen MR) is 127 cm³/mol. The smallest absolute Gasteiger partial charge is 0.246 e. The van der Waals surface area contributed by atoms with E-state index in [2.05, 4.69) is 54.2 Å². The Morgan fingerprint density at radius 1 is 1.19 bits per heavy atom. The summed E-state index contributed by atoms with van der Waals surface area (Å²) in [7, 11) is 3.28. The maximum absolute atomic E-state index is 12.3. The largest absolute Gasteiger partial charge is 0.496 e. The van der Waals surface area contributed by atoms with Gasteiger partial charge in [-0.3, -0.25) is 14.7 Å². The lowest BCUT2D eigenvalue weighted by molar-refractivity contribution is -0.126. The molecule has 32 heavy (non-hydrogen) atoms. The van der Waals surface area contributed by atoms with Crippen molar-refractivity contribution in [3.05, 3.63) is 59.4 Å². The van der Waals surface area contributed by atoms with Crippen LogP contribution in [0.15, 0.2) is 42.6 Å². The third kappa shape index (κ3) is 6.30. The van der Waals surface area contributed by atoms with Gasteiger partial charge in [0, 0.05) is 25.4 Å². The molecule has 0 bridgehead atoms. The maximum atomic E-state index is 12.3. The van der Waals surface area contributed by atoms with E-state index < -0.39 is 0 Å². The second-order valence-electron chi connectivity index (χ2n) is 9.62. The zero-order chi connectivity index (χ0) is 23.1. The van der Waals surface area contributed by atoms with Crippen LogP contribution in [0.1, 0.15) is 56.5 Å². The molecule has 174 valence electrons. The van der Waals surface area contributed by atoms with Crippen LogP contribution in [0.5, 0.6) is 5.75 Å². The van der Waals surface area contributed by atoms with E-state index in [-0.39, 0.29) is 24.0 Å². The van der Waals surface area contributed by atoms with Gasteiger partial charge in [0.05, 0.1) is 18.8 Å². The Morgan fingerprint density at radius 2 is 1.94 bits per heavy atom. The third-order valence-electron chi connectivity index (χ3n) is 6.24. The van der Waals surface area contributed by atoms with E-state index in [1.165, 1.54) is 18.2 Å². The van der Waals surface area contributed by atoms with Crippen molar-refractivity contribution in [1.82, 2.24) is 15.2 Å². The number of ether oxygens (including phenoxy) is 2. The molecule has 1 aromatic carbocycles. The molecule has 1 aromatic heterocycles. The summed E-state index contributed by atoms with van der Waals surface area (Å²) in [4.78, 5) is 19.3. The molecular weight excluding hydrogens is 402 g/mol. The number of pyridine rings is 1. The molecule has 1 aliphatic rings. The number of hydrogen-bond donors (Lipinski definition) is 1. The fraction of sp³-hybridized carbons (Fsp3) is 0.538. The Labute approximate surface area is 192 Å². The van der Waals surface area contributed by atoms with Gasteiger partial charge >= 0.3 is 0 Å². The van der Waals surface area contributed by atoms with E-state index in [9.17, 15) is 4.79 Å². The number of methoxy groups -OCH3 is 2. The number of likely N-dealkylation sites (tertiary alicyclic amines) is 1. The van der Waals surface area contributed by atoms with Gasteiger partial charge in [-0.2, -0.15) is 0 Å². The molecule has 0 unspecified atom stereocenters. The van der Waals surface area contributed by atoms with Gasteiger partial charge in [0.2, 0.25) is 5.91 Å². The summed E-state index contributed by atoms with van der Waals surface area (Å²) in [5, 5.41) is 3.15. The number of carbonyl (C=O) groups excluding carboxylic acids is 1. The summed E-state index contributed by atoms with van der Waals surface area (Å²) < 4.78 is 10.7. The van der Waals surface area contributed by atoms with Gasteiger partial charge in [0.1, 0.15) is 12.4 Å². The number of carbonyl (C=O) groups is 1. The molecule has 1 saturated heterocycles. The van der Waals surface area contributed by atoms with Crippen LogP contribution in [-0.4, -0.2) is 49.7 Å². The molecule has 1 amide bonds. The molecule has 6 nitrogen and oxygen atoms in total. The SMILES string of the molecule is COCC(=O)N[C@@H](c1ccccn1)C1CCN(Cc2cc(C(C)(C)C)ccc2OC)CC1. The van der Waals surface area contributed by atoms with Crippen LogP contribution in [0.3, 0.4) is 0 Å². The number of nitrogens with zero attached hydrogens (tertiary/aromatic N) is 2. The van der Waals surface area contributed by atoms with Crippen molar-refractivity contribution in [2.24, 2.45) is 5.92 Å². The first-order valence-corrected chi connectivity index (χ1v) is 11.4. The third-order valence-corrected chi connectivity index (χ3v) is 6.24. The molecule has 1 atom stereocenters. The summed E-state index contributed by atoms with van der Waals surface area (Å²) in [5.74, 6) is 1.18. The van der Waals surface area contributed by atoms with Gasteiger partial charge in [-0.1, -0.05) is 39.0 Å². The maximum Gasteiger partial charge on any atom is 0.246 e. The first kappa shape index (κ1) is 24.2. The Bertz CT molecular complexity index is 872. The molecule has 1 N–H and O–H groups in total. The summed E-state index contributed by atoms with van der Waals surface area (Å²) in [6.07, 6.45) is 3.78. The fourth-order valence-corrected chi connectivity index (χ4v) is 4.39. The number of rotatable bonds is 8. The van der Waals surface area contributed by atoms with Crippen molar-refractivity contribution in [1.29, 1.82) is 0 Å². The molecule has 3 rings (SSSR count). The van der Waals surface area contributed by atoms with E-state index in [0.717, 1.165) is 43.9 Å². The monoisotopic (exact) mass is 439 g/mol. The summed E-state index contributed by atoms with van der Waals surface area (Å²) in [6.45, 7) is 9.57. The molecule has 0 saturated carbocycles. The molecule has 6 heteroatoms. The van der Waals surface area contributed by atoms with Gasteiger partial charge in [-0.15, -0.1) is 0 Å². The minimum Gasteiger partial charge on any atom is -0.496 e. The molecule has 0 radical (unpaired) electrons. The van der Waals surface area contributed by atoms with Crippen molar-refractivity contribution >= 4 is 5.91 Å². The quantitative estimate of drug-likeness (QED) is 0.671. The van der Waals surface area contributed by atoms with E-state index in [0.29, 0.717) is 5.92 Å². The van der Waals surface area contributed by atoms with Crippen LogP contribution >= 0.6 is 0 Å². The first-order chi connectivity index (χ1) is 15.3. The van der Waals surface area contributed by atoms with E-state index in [4.69, 9.17) is 9.47 Å². The molecule has 1 fully saturated rings. The Morgan fingerprint density at radius 3 is 2.53 bits per heavy atom. The lowest BCUT2D eigenvalue weighted by atomic mass is 9.85. The molecule has 0 spiro atoms.